The first-order valence-electron chi connectivity index (χ1n) is 7.30. The first-order valence-corrected chi connectivity index (χ1v) is 7.30. The van der Waals surface area contributed by atoms with Gasteiger partial charge in [-0.05, 0) is 32.6 Å². The first kappa shape index (κ1) is 17.3. The Bertz CT molecular complexity index is 398. The molecule has 0 bridgehead atoms. The van der Waals surface area contributed by atoms with Gasteiger partial charge in [-0.15, -0.1) is 0 Å². The van der Waals surface area contributed by atoms with Gasteiger partial charge >= 0.3 is 12.0 Å². The Balaban J connectivity index is 2.49. The number of aliphatic carboxylic acids is 1. The molecule has 1 unspecified atom stereocenters. The van der Waals surface area contributed by atoms with Crippen LogP contribution in [0.4, 0.5) is 4.79 Å². The number of nitrogens with one attached hydrogen (secondary N) is 1. The van der Waals surface area contributed by atoms with Crippen molar-refractivity contribution in [2.24, 2.45) is 5.92 Å². The predicted octanol–water partition coefficient (Wildman–Crippen LogP) is 0.750. The number of carboxylic acids is 1. The molecule has 1 heterocycles. The summed E-state index contributed by atoms with van der Waals surface area (Å²) in [4.78, 5) is 37.7. The van der Waals surface area contributed by atoms with E-state index in [4.69, 9.17) is 5.11 Å². The summed E-state index contributed by atoms with van der Waals surface area (Å²) < 4.78 is 0. The van der Waals surface area contributed by atoms with E-state index in [1.807, 2.05) is 13.8 Å². The Kier molecular flexibility index (Phi) is 6.45. The maximum atomic E-state index is 12.3. The van der Waals surface area contributed by atoms with Crippen molar-refractivity contribution in [3.05, 3.63) is 0 Å². The van der Waals surface area contributed by atoms with Crippen molar-refractivity contribution in [1.82, 2.24) is 15.1 Å². The summed E-state index contributed by atoms with van der Waals surface area (Å²) in [5.74, 6) is -1.03. The Morgan fingerprint density at radius 1 is 1.38 bits per heavy atom. The van der Waals surface area contributed by atoms with Gasteiger partial charge in [0, 0.05) is 32.6 Å². The van der Waals surface area contributed by atoms with Gasteiger partial charge in [0.2, 0.25) is 5.91 Å². The fourth-order valence-corrected chi connectivity index (χ4v) is 2.54. The van der Waals surface area contributed by atoms with Gasteiger partial charge in [0.1, 0.15) is 6.54 Å². The van der Waals surface area contributed by atoms with E-state index in [-0.39, 0.29) is 36.9 Å². The average molecular weight is 299 g/mol. The number of piperidine rings is 1. The van der Waals surface area contributed by atoms with Crippen molar-refractivity contribution in [3.63, 3.8) is 0 Å². The molecule has 1 aliphatic heterocycles. The smallest absolute Gasteiger partial charge is 0.320 e. The van der Waals surface area contributed by atoms with Crippen molar-refractivity contribution in [3.8, 4) is 0 Å². The molecule has 120 valence electrons. The van der Waals surface area contributed by atoms with Crippen LogP contribution in [0.5, 0.6) is 0 Å². The monoisotopic (exact) mass is 299 g/mol. The second-order valence-electron chi connectivity index (χ2n) is 5.91. The number of nitrogens with zero attached hydrogens (tertiary/aromatic N) is 2. The van der Waals surface area contributed by atoms with Crippen LogP contribution in [-0.2, 0) is 9.59 Å². The lowest BCUT2D eigenvalue weighted by molar-refractivity contribution is -0.138. The zero-order chi connectivity index (χ0) is 16.0. The Morgan fingerprint density at radius 3 is 2.62 bits per heavy atom. The molecule has 0 aromatic heterocycles. The van der Waals surface area contributed by atoms with Crippen molar-refractivity contribution in [1.29, 1.82) is 0 Å². The van der Waals surface area contributed by atoms with Crippen LogP contribution in [0.2, 0.25) is 0 Å². The van der Waals surface area contributed by atoms with Crippen LogP contribution >= 0.6 is 0 Å². The molecule has 1 aliphatic rings. The zero-order valence-electron chi connectivity index (χ0n) is 13.0. The number of urea groups is 1. The number of carbonyl (C=O) groups is 3. The van der Waals surface area contributed by atoms with E-state index in [0.717, 1.165) is 12.8 Å². The highest BCUT2D eigenvalue weighted by Gasteiger charge is 2.27. The van der Waals surface area contributed by atoms with Gasteiger partial charge in [-0.3, -0.25) is 9.59 Å². The third-order valence-electron chi connectivity index (χ3n) is 3.41. The number of hydrogen-bond acceptors (Lipinski definition) is 3. The lowest BCUT2D eigenvalue weighted by atomic mass is 9.95. The summed E-state index contributed by atoms with van der Waals surface area (Å²) in [6, 6.07) is -0.181. The van der Waals surface area contributed by atoms with E-state index in [1.165, 1.54) is 4.90 Å². The van der Waals surface area contributed by atoms with Gasteiger partial charge in [-0.1, -0.05) is 0 Å². The lowest BCUT2D eigenvalue weighted by Crippen LogP contribution is -2.49. The molecule has 0 aliphatic carbocycles. The molecule has 0 aromatic rings. The number of rotatable bonds is 5. The summed E-state index contributed by atoms with van der Waals surface area (Å²) in [5, 5.41) is 11.6. The van der Waals surface area contributed by atoms with E-state index in [1.54, 1.807) is 11.9 Å². The van der Waals surface area contributed by atoms with Crippen molar-refractivity contribution in [2.75, 3.05) is 26.7 Å². The third-order valence-corrected chi connectivity index (χ3v) is 3.41. The van der Waals surface area contributed by atoms with Gasteiger partial charge in [-0.2, -0.15) is 0 Å². The van der Waals surface area contributed by atoms with Crippen LogP contribution in [0.3, 0.4) is 0 Å². The zero-order valence-corrected chi connectivity index (χ0v) is 13.0. The number of amides is 3. The number of likely N-dealkylation sites (N-methyl/N-ethyl adjacent to an activating group) is 1. The minimum atomic E-state index is -0.834. The minimum absolute atomic E-state index is 0.00177. The van der Waals surface area contributed by atoms with Gasteiger partial charge < -0.3 is 20.2 Å². The SMILES string of the molecule is CC(C)NC(=O)CN(C)C(=O)N1CCCC(CC(=O)O)C1. The molecule has 2 N–H and O–H groups in total. The fraction of sp³-hybridized carbons (Fsp3) is 0.786. The summed E-state index contributed by atoms with van der Waals surface area (Å²) in [7, 11) is 1.59. The van der Waals surface area contributed by atoms with Gasteiger partial charge in [0.05, 0.1) is 0 Å². The predicted molar refractivity (Wildman–Crippen MR) is 77.9 cm³/mol. The first-order chi connectivity index (χ1) is 9.79. The highest BCUT2D eigenvalue weighted by atomic mass is 16.4. The number of hydrogen-bond donors (Lipinski definition) is 2. The Hall–Kier alpha value is -1.79. The van der Waals surface area contributed by atoms with Crippen LogP contribution in [-0.4, -0.2) is 65.5 Å². The highest BCUT2D eigenvalue weighted by molar-refractivity contribution is 5.84. The normalized spacial score (nSPS) is 18.5. The van der Waals surface area contributed by atoms with Crippen molar-refractivity contribution in [2.45, 2.75) is 39.2 Å². The largest absolute Gasteiger partial charge is 0.481 e. The molecular weight excluding hydrogens is 274 g/mol. The molecule has 1 fully saturated rings. The number of likely N-dealkylation sites (tertiary alicyclic amines) is 1. The lowest BCUT2D eigenvalue weighted by Gasteiger charge is -2.34. The van der Waals surface area contributed by atoms with Crippen molar-refractivity contribution >= 4 is 17.9 Å². The standard InChI is InChI=1S/C14H25N3O4/c1-10(2)15-12(18)9-16(3)14(21)17-6-4-5-11(8-17)7-13(19)20/h10-11H,4-9H2,1-3H3,(H,15,18)(H,19,20). The minimum Gasteiger partial charge on any atom is -0.481 e. The van der Waals surface area contributed by atoms with E-state index in [0.29, 0.717) is 13.1 Å². The molecule has 0 aromatic carbocycles. The van der Waals surface area contributed by atoms with Gasteiger partial charge in [0.15, 0.2) is 0 Å². The van der Waals surface area contributed by atoms with Crippen LogP contribution in [0.25, 0.3) is 0 Å². The second-order valence-corrected chi connectivity index (χ2v) is 5.91. The quantitative estimate of drug-likeness (QED) is 0.784. The van der Waals surface area contributed by atoms with Gasteiger partial charge in [0.25, 0.3) is 0 Å². The number of carboxylic acid groups (broad SMARTS) is 1. The molecule has 7 nitrogen and oxygen atoms in total. The molecule has 1 atom stereocenters. The Labute approximate surface area is 125 Å². The summed E-state index contributed by atoms with van der Waals surface area (Å²) in [6.07, 6.45) is 1.71. The van der Waals surface area contributed by atoms with E-state index in [2.05, 4.69) is 5.32 Å². The molecule has 0 saturated carbocycles. The molecule has 0 spiro atoms. The number of carbonyl (C=O) groups excluding carboxylic acids is 2. The topological polar surface area (TPSA) is 90.0 Å². The molecule has 21 heavy (non-hydrogen) atoms. The van der Waals surface area contributed by atoms with Crippen LogP contribution in [0.1, 0.15) is 33.1 Å². The maximum Gasteiger partial charge on any atom is 0.320 e. The maximum absolute atomic E-state index is 12.3. The molecule has 0 radical (unpaired) electrons. The average Bonchev–Trinajstić information content (AvgIpc) is 2.36. The van der Waals surface area contributed by atoms with Crippen LogP contribution < -0.4 is 5.32 Å². The Morgan fingerprint density at radius 2 is 2.05 bits per heavy atom. The molecule has 3 amide bonds. The van der Waals surface area contributed by atoms with Crippen LogP contribution in [0.15, 0.2) is 0 Å². The summed E-state index contributed by atoms with van der Waals surface area (Å²) in [6.45, 7) is 4.80. The summed E-state index contributed by atoms with van der Waals surface area (Å²) in [5.41, 5.74) is 0. The molecular formula is C14H25N3O4. The highest BCUT2D eigenvalue weighted by Crippen LogP contribution is 2.20. The molecule has 1 rings (SSSR count). The van der Waals surface area contributed by atoms with Crippen molar-refractivity contribution < 1.29 is 19.5 Å². The fourth-order valence-electron chi connectivity index (χ4n) is 2.54. The van der Waals surface area contributed by atoms with Crippen LogP contribution in [0, 0.1) is 5.92 Å². The second kappa shape index (κ2) is 7.85. The summed E-state index contributed by atoms with van der Waals surface area (Å²) >= 11 is 0. The van der Waals surface area contributed by atoms with E-state index >= 15 is 0 Å². The molecule has 1 saturated heterocycles. The third kappa shape index (κ3) is 6.01. The van der Waals surface area contributed by atoms with Gasteiger partial charge in [-0.25, -0.2) is 4.79 Å². The van der Waals surface area contributed by atoms with E-state index < -0.39 is 5.97 Å². The molecule has 7 heteroatoms. The van der Waals surface area contributed by atoms with E-state index in [9.17, 15) is 14.4 Å².